The van der Waals surface area contributed by atoms with Crippen molar-refractivity contribution in [2.75, 3.05) is 33.8 Å². The van der Waals surface area contributed by atoms with Crippen molar-refractivity contribution in [3.05, 3.63) is 35.9 Å². The van der Waals surface area contributed by atoms with E-state index in [1.54, 1.807) is 25.1 Å². The quantitative estimate of drug-likeness (QED) is 0.724. The van der Waals surface area contributed by atoms with Gasteiger partial charge in [0, 0.05) is 26.2 Å². The topological polar surface area (TPSA) is 49.9 Å². The molecule has 2 amide bonds. The zero-order chi connectivity index (χ0) is 16.5. The highest BCUT2D eigenvalue weighted by Crippen LogP contribution is 2.13. The van der Waals surface area contributed by atoms with Gasteiger partial charge in [0.2, 0.25) is 11.8 Å². The number of hydrogen-bond acceptors (Lipinski definition) is 3. The standard InChI is InChI=1S/C17H24N2O3/c1-5-19(6-2)17(21)13-18(3)16(20)11-10-14-8-7-9-15(12-14)22-4/h7-12H,5-6,13H2,1-4H3/b11-10+. The zero-order valence-electron chi connectivity index (χ0n) is 13.7. The predicted molar refractivity (Wildman–Crippen MR) is 87.6 cm³/mol. The molecule has 1 aromatic carbocycles. The van der Waals surface area contributed by atoms with E-state index < -0.39 is 0 Å². The van der Waals surface area contributed by atoms with Gasteiger partial charge in [-0.1, -0.05) is 12.1 Å². The minimum Gasteiger partial charge on any atom is -0.497 e. The molecule has 120 valence electrons. The van der Waals surface area contributed by atoms with Gasteiger partial charge in [0.1, 0.15) is 5.75 Å². The number of carbonyl (C=O) groups excluding carboxylic acids is 2. The molecule has 0 aliphatic heterocycles. The lowest BCUT2D eigenvalue weighted by atomic mass is 10.2. The maximum atomic E-state index is 12.0. The van der Waals surface area contributed by atoms with Crippen LogP contribution in [0.15, 0.2) is 30.3 Å². The molecule has 1 rings (SSSR count). The number of methoxy groups -OCH3 is 1. The molecule has 0 N–H and O–H groups in total. The van der Waals surface area contributed by atoms with E-state index in [1.165, 1.54) is 11.0 Å². The summed E-state index contributed by atoms with van der Waals surface area (Å²) < 4.78 is 5.13. The molecule has 0 saturated carbocycles. The highest BCUT2D eigenvalue weighted by atomic mass is 16.5. The fourth-order valence-electron chi connectivity index (χ4n) is 2.00. The molecule has 0 radical (unpaired) electrons. The van der Waals surface area contributed by atoms with Crippen LogP contribution >= 0.6 is 0 Å². The number of carbonyl (C=O) groups is 2. The van der Waals surface area contributed by atoms with E-state index in [0.717, 1.165) is 11.3 Å². The average Bonchev–Trinajstić information content (AvgIpc) is 2.53. The minimum absolute atomic E-state index is 0.0457. The third-order valence-corrected chi connectivity index (χ3v) is 3.38. The molecule has 22 heavy (non-hydrogen) atoms. The molecule has 0 aliphatic rings. The van der Waals surface area contributed by atoms with Crippen LogP contribution in [0, 0.1) is 0 Å². The van der Waals surface area contributed by atoms with E-state index in [9.17, 15) is 9.59 Å². The van der Waals surface area contributed by atoms with Crippen molar-refractivity contribution in [3.8, 4) is 5.75 Å². The molecule has 5 nitrogen and oxygen atoms in total. The van der Waals surface area contributed by atoms with Gasteiger partial charge in [0.05, 0.1) is 13.7 Å². The summed E-state index contributed by atoms with van der Waals surface area (Å²) in [5, 5.41) is 0. The Kier molecular flexibility index (Phi) is 7.16. The van der Waals surface area contributed by atoms with Crippen molar-refractivity contribution in [2.24, 2.45) is 0 Å². The van der Waals surface area contributed by atoms with Crippen molar-refractivity contribution in [1.82, 2.24) is 9.80 Å². The number of nitrogens with zero attached hydrogens (tertiary/aromatic N) is 2. The first kappa shape index (κ1) is 17.8. The first-order chi connectivity index (χ1) is 10.5. The minimum atomic E-state index is -0.205. The van der Waals surface area contributed by atoms with E-state index >= 15 is 0 Å². The predicted octanol–water partition coefficient (Wildman–Crippen LogP) is 2.04. The molecule has 0 fully saturated rings. The Morgan fingerprint density at radius 3 is 2.50 bits per heavy atom. The van der Waals surface area contributed by atoms with Crippen LogP contribution in [0.25, 0.3) is 6.08 Å². The van der Waals surface area contributed by atoms with Crippen molar-refractivity contribution in [1.29, 1.82) is 0 Å². The van der Waals surface area contributed by atoms with E-state index in [2.05, 4.69) is 0 Å². The van der Waals surface area contributed by atoms with E-state index in [0.29, 0.717) is 13.1 Å². The molecule has 0 atom stereocenters. The summed E-state index contributed by atoms with van der Waals surface area (Å²) >= 11 is 0. The molecular formula is C17H24N2O3. The average molecular weight is 304 g/mol. The van der Waals surface area contributed by atoms with Crippen molar-refractivity contribution < 1.29 is 14.3 Å². The van der Waals surface area contributed by atoms with Gasteiger partial charge in [-0.2, -0.15) is 0 Å². The van der Waals surface area contributed by atoms with Crippen LogP contribution in [0.5, 0.6) is 5.75 Å². The van der Waals surface area contributed by atoms with Gasteiger partial charge in [-0.3, -0.25) is 9.59 Å². The summed E-state index contributed by atoms with van der Waals surface area (Å²) in [7, 11) is 3.22. The zero-order valence-corrected chi connectivity index (χ0v) is 13.7. The largest absolute Gasteiger partial charge is 0.497 e. The molecule has 0 unspecified atom stereocenters. The molecular weight excluding hydrogens is 280 g/mol. The monoisotopic (exact) mass is 304 g/mol. The van der Waals surface area contributed by atoms with Crippen LogP contribution in [0.1, 0.15) is 19.4 Å². The van der Waals surface area contributed by atoms with Gasteiger partial charge < -0.3 is 14.5 Å². The molecule has 0 heterocycles. The van der Waals surface area contributed by atoms with E-state index in [4.69, 9.17) is 4.74 Å². The summed E-state index contributed by atoms with van der Waals surface area (Å²) in [6.45, 7) is 5.23. The Morgan fingerprint density at radius 1 is 1.23 bits per heavy atom. The summed E-state index contributed by atoms with van der Waals surface area (Å²) in [6, 6.07) is 7.42. The van der Waals surface area contributed by atoms with Crippen LogP contribution in [0.4, 0.5) is 0 Å². The molecule has 0 aliphatic carbocycles. The van der Waals surface area contributed by atoms with Crippen molar-refractivity contribution >= 4 is 17.9 Å². The van der Waals surface area contributed by atoms with Gasteiger partial charge in [-0.15, -0.1) is 0 Å². The Balaban J connectivity index is 2.63. The lowest BCUT2D eigenvalue weighted by molar-refractivity contribution is -0.136. The van der Waals surface area contributed by atoms with Crippen LogP contribution < -0.4 is 4.74 Å². The van der Waals surface area contributed by atoms with Crippen molar-refractivity contribution in [2.45, 2.75) is 13.8 Å². The Labute approximate surface area is 132 Å². The fourth-order valence-corrected chi connectivity index (χ4v) is 2.00. The Bertz CT molecular complexity index is 536. The smallest absolute Gasteiger partial charge is 0.246 e. The van der Waals surface area contributed by atoms with Crippen LogP contribution in [-0.2, 0) is 9.59 Å². The summed E-state index contributed by atoms with van der Waals surface area (Å²) in [4.78, 5) is 27.1. The highest BCUT2D eigenvalue weighted by molar-refractivity contribution is 5.94. The van der Waals surface area contributed by atoms with Gasteiger partial charge in [0.25, 0.3) is 0 Å². The second kappa shape index (κ2) is 8.87. The van der Waals surface area contributed by atoms with Crippen molar-refractivity contribution in [3.63, 3.8) is 0 Å². The van der Waals surface area contributed by atoms with Crippen LogP contribution in [0.2, 0.25) is 0 Å². The second-order valence-electron chi connectivity index (χ2n) is 4.87. The van der Waals surface area contributed by atoms with Gasteiger partial charge in [-0.05, 0) is 37.6 Å². The summed E-state index contributed by atoms with van der Waals surface area (Å²) in [6.07, 6.45) is 3.17. The Morgan fingerprint density at radius 2 is 1.91 bits per heavy atom. The van der Waals surface area contributed by atoms with Crippen LogP contribution in [-0.4, -0.2) is 55.4 Å². The molecule has 0 saturated heterocycles. The molecule has 0 bridgehead atoms. The van der Waals surface area contributed by atoms with Gasteiger partial charge in [-0.25, -0.2) is 0 Å². The van der Waals surface area contributed by atoms with E-state index in [1.807, 2.05) is 38.1 Å². The normalized spacial score (nSPS) is 10.5. The molecule has 1 aromatic rings. The Hall–Kier alpha value is -2.30. The van der Waals surface area contributed by atoms with E-state index in [-0.39, 0.29) is 18.4 Å². The third kappa shape index (κ3) is 5.24. The summed E-state index contributed by atoms with van der Waals surface area (Å²) in [5.41, 5.74) is 0.871. The van der Waals surface area contributed by atoms with Crippen LogP contribution in [0.3, 0.4) is 0 Å². The SMILES string of the molecule is CCN(CC)C(=O)CN(C)C(=O)/C=C/c1cccc(OC)c1. The third-order valence-electron chi connectivity index (χ3n) is 3.38. The molecule has 0 spiro atoms. The highest BCUT2D eigenvalue weighted by Gasteiger charge is 2.14. The number of amides is 2. The summed E-state index contributed by atoms with van der Waals surface area (Å²) in [5.74, 6) is 0.485. The number of rotatable bonds is 7. The molecule has 0 aromatic heterocycles. The fraction of sp³-hybridized carbons (Fsp3) is 0.412. The maximum absolute atomic E-state index is 12.0. The first-order valence-electron chi connectivity index (χ1n) is 7.36. The number of hydrogen-bond donors (Lipinski definition) is 0. The second-order valence-corrected chi connectivity index (χ2v) is 4.87. The molecule has 5 heteroatoms. The first-order valence-corrected chi connectivity index (χ1v) is 7.36. The van der Waals surface area contributed by atoms with Gasteiger partial charge >= 0.3 is 0 Å². The lowest BCUT2D eigenvalue weighted by Crippen LogP contribution is -2.40. The number of benzene rings is 1. The lowest BCUT2D eigenvalue weighted by Gasteiger charge is -2.22. The number of likely N-dealkylation sites (N-methyl/N-ethyl adjacent to an activating group) is 2. The number of ether oxygens (including phenoxy) is 1. The maximum Gasteiger partial charge on any atom is 0.246 e. The van der Waals surface area contributed by atoms with Gasteiger partial charge in [0.15, 0.2) is 0 Å².